The lowest BCUT2D eigenvalue weighted by atomic mass is 9.80. The predicted octanol–water partition coefficient (Wildman–Crippen LogP) is 5.51. The Morgan fingerprint density at radius 1 is 1.22 bits per heavy atom. The minimum atomic E-state index is -0.469. The van der Waals surface area contributed by atoms with Crippen molar-refractivity contribution in [1.29, 1.82) is 0 Å². The van der Waals surface area contributed by atoms with Crippen molar-refractivity contribution >= 4 is 34.4 Å². The Balaban J connectivity index is 1.84. The highest BCUT2D eigenvalue weighted by atomic mass is 35.5. The highest BCUT2D eigenvalue weighted by Gasteiger charge is 2.29. The minimum Gasteiger partial charge on any atom is -0.501 e. The van der Waals surface area contributed by atoms with Gasteiger partial charge in [-0.2, -0.15) is 0 Å². The first-order valence-electron chi connectivity index (χ1n) is 8.47. The van der Waals surface area contributed by atoms with E-state index in [0.717, 1.165) is 17.0 Å². The molecule has 0 heterocycles. The fourth-order valence-electron chi connectivity index (χ4n) is 3.11. The maximum Gasteiger partial charge on any atom is 0.174 e. The van der Waals surface area contributed by atoms with Gasteiger partial charge >= 0.3 is 0 Å². The van der Waals surface area contributed by atoms with Crippen LogP contribution in [0.15, 0.2) is 78.6 Å². The first-order valence-corrected chi connectivity index (χ1v) is 8.85. The second kappa shape index (κ2) is 7.72. The highest BCUT2D eigenvalue weighted by molar-refractivity contribution is 6.33. The number of nitrogens with two attached hydrogens (primary N) is 1. The Kier molecular flexibility index (Phi) is 5.38. The molecule has 27 heavy (non-hydrogen) atoms. The second-order valence-electron chi connectivity index (χ2n) is 6.43. The van der Waals surface area contributed by atoms with Crippen molar-refractivity contribution in [2.45, 2.75) is 6.42 Å². The zero-order chi connectivity index (χ0) is 19.6. The molecule has 2 aromatic carbocycles. The quantitative estimate of drug-likeness (QED) is 0.407. The summed E-state index contributed by atoms with van der Waals surface area (Å²) in [6.45, 7) is 8.03. The van der Waals surface area contributed by atoms with Gasteiger partial charge in [0, 0.05) is 12.0 Å². The van der Waals surface area contributed by atoms with Crippen LogP contribution in [-0.4, -0.2) is 12.9 Å². The summed E-state index contributed by atoms with van der Waals surface area (Å²) in [6, 6.07) is 12.6. The number of Topliss-reactive ketones (excluding diaryl/α,β-unsaturated/α-hetero) is 1. The fraction of sp³-hybridized carbons (Fsp3) is 0.136. The third-order valence-corrected chi connectivity index (χ3v) is 4.85. The molecule has 0 spiro atoms. The van der Waals surface area contributed by atoms with Crippen molar-refractivity contribution in [2.75, 3.05) is 18.2 Å². The van der Waals surface area contributed by atoms with Gasteiger partial charge in [0.2, 0.25) is 0 Å². The number of nitrogen functional groups attached to an aromatic ring is 1. The van der Waals surface area contributed by atoms with E-state index >= 15 is 0 Å². The highest BCUT2D eigenvalue weighted by Crippen LogP contribution is 2.35. The third kappa shape index (κ3) is 3.91. The number of methoxy groups -OCH3 is 1. The van der Waals surface area contributed by atoms with Gasteiger partial charge in [-0.15, -0.1) is 0 Å². The van der Waals surface area contributed by atoms with E-state index in [1.165, 1.54) is 0 Å². The fourth-order valence-corrected chi connectivity index (χ4v) is 3.33. The number of ether oxygens (including phenoxy) is 1. The summed E-state index contributed by atoms with van der Waals surface area (Å²) in [4.78, 5) is 13.0. The van der Waals surface area contributed by atoms with E-state index in [4.69, 9.17) is 22.1 Å². The number of carbonyl (C=O) groups excluding carboxylic acids is 1. The molecule has 3 N–H and O–H groups in total. The van der Waals surface area contributed by atoms with Crippen LogP contribution in [0.1, 0.15) is 16.8 Å². The van der Waals surface area contributed by atoms with Gasteiger partial charge in [-0.25, -0.2) is 0 Å². The number of rotatable bonds is 5. The molecule has 5 heteroatoms. The van der Waals surface area contributed by atoms with Gasteiger partial charge in [0.15, 0.2) is 5.78 Å². The molecule has 1 unspecified atom stereocenters. The van der Waals surface area contributed by atoms with Crippen LogP contribution >= 0.6 is 11.6 Å². The molecular formula is C22H21ClN2O2. The molecule has 0 aliphatic heterocycles. The standard InChI is InChI=1S/C22H21ClN2O2/c1-13-10-16(27-3)11-14(2)21(13)22(26)15-8-9-19(17(23)12-15)25-20-7-5-4-6-18(20)24/h4-10,12,21,25H,1-2,11,24H2,3H3. The largest absolute Gasteiger partial charge is 0.501 e. The van der Waals surface area contributed by atoms with Crippen LogP contribution in [0.2, 0.25) is 5.02 Å². The Morgan fingerprint density at radius 2 is 1.96 bits per heavy atom. The summed E-state index contributed by atoms with van der Waals surface area (Å²) in [7, 11) is 1.60. The van der Waals surface area contributed by atoms with Crippen LogP contribution in [0.25, 0.3) is 0 Å². The topological polar surface area (TPSA) is 64.3 Å². The van der Waals surface area contributed by atoms with Crippen LogP contribution < -0.4 is 11.1 Å². The van der Waals surface area contributed by atoms with Crippen molar-refractivity contribution in [2.24, 2.45) is 5.92 Å². The summed E-state index contributed by atoms with van der Waals surface area (Å²) < 4.78 is 5.26. The number of halogens is 1. The molecule has 138 valence electrons. The van der Waals surface area contributed by atoms with E-state index in [-0.39, 0.29) is 5.78 Å². The summed E-state index contributed by atoms with van der Waals surface area (Å²) in [5, 5.41) is 3.62. The van der Waals surface area contributed by atoms with Crippen molar-refractivity contribution in [3.8, 4) is 0 Å². The number of nitrogens with one attached hydrogen (secondary N) is 1. The van der Waals surface area contributed by atoms with Crippen molar-refractivity contribution in [3.63, 3.8) is 0 Å². The van der Waals surface area contributed by atoms with Gasteiger partial charge < -0.3 is 15.8 Å². The van der Waals surface area contributed by atoms with E-state index < -0.39 is 5.92 Å². The molecule has 0 saturated carbocycles. The van der Waals surface area contributed by atoms with Gasteiger partial charge in [0.05, 0.1) is 40.9 Å². The molecule has 2 aromatic rings. The lowest BCUT2D eigenvalue weighted by Crippen LogP contribution is -2.22. The van der Waals surface area contributed by atoms with E-state index in [1.807, 2.05) is 18.2 Å². The smallest absolute Gasteiger partial charge is 0.174 e. The molecule has 0 aromatic heterocycles. The lowest BCUT2D eigenvalue weighted by molar-refractivity contribution is 0.0954. The van der Waals surface area contributed by atoms with E-state index in [0.29, 0.717) is 34.0 Å². The Morgan fingerprint density at radius 3 is 2.59 bits per heavy atom. The van der Waals surface area contributed by atoms with Gasteiger partial charge in [-0.1, -0.05) is 42.5 Å². The van der Waals surface area contributed by atoms with Crippen molar-refractivity contribution < 1.29 is 9.53 Å². The number of allylic oxidation sites excluding steroid dienone is 3. The second-order valence-corrected chi connectivity index (χ2v) is 6.84. The van der Waals surface area contributed by atoms with E-state index in [2.05, 4.69) is 18.5 Å². The van der Waals surface area contributed by atoms with E-state index in [1.54, 1.807) is 37.5 Å². The number of para-hydroxylation sites is 2. The maximum atomic E-state index is 13.0. The molecule has 0 bridgehead atoms. The number of ketones is 1. The first-order chi connectivity index (χ1) is 12.9. The molecule has 1 aliphatic carbocycles. The average Bonchev–Trinajstić information content (AvgIpc) is 2.64. The average molecular weight is 381 g/mol. The van der Waals surface area contributed by atoms with E-state index in [9.17, 15) is 4.79 Å². The molecule has 0 amide bonds. The summed E-state index contributed by atoms with van der Waals surface area (Å²) in [6.07, 6.45) is 2.32. The number of hydrogen-bond acceptors (Lipinski definition) is 4. The van der Waals surface area contributed by atoms with Crippen LogP contribution in [0.5, 0.6) is 0 Å². The molecule has 0 saturated heterocycles. The van der Waals surface area contributed by atoms with Gasteiger partial charge in [0.25, 0.3) is 0 Å². The molecule has 1 atom stereocenters. The zero-order valence-corrected chi connectivity index (χ0v) is 15.8. The summed E-state index contributed by atoms with van der Waals surface area (Å²) in [5.41, 5.74) is 9.94. The minimum absolute atomic E-state index is 0.0796. The first kappa shape index (κ1) is 18.8. The van der Waals surface area contributed by atoms with Crippen molar-refractivity contribution in [1.82, 2.24) is 0 Å². The Hall–Kier alpha value is -2.98. The van der Waals surface area contributed by atoms with Crippen LogP contribution in [0.4, 0.5) is 17.1 Å². The Bertz CT molecular complexity index is 963. The van der Waals surface area contributed by atoms with Crippen LogP contribution in [0.3, 0.4) is 0 Å². The van der Waals surface area contributed by atoms with Crippen LogP contribution in [0, 0.1) is 5.92 Å². The molecule has 4 nitrogen and oxygen atoms in total. The number of hydrogen-bond donors (Lipinski definition) is 2. The molecule has 1 aliphatic rings. The summed E-state index contributed by atoms with van der Waals surface area (Å²) >= 11 is 6.40. The Labute approximate surface area is 164 Å². The van der Waals surface area contributed by atoms with Crippen molar-refractivity contribution in [3.05, 3.63) is 89.2 Å². The molecule has 3 rings (SSSR count). The maximum absolute atomic E-state index is 13.0. The normalized spacial score (nSPS) is 16.7. The predicted molar refractivity (Wildman–Crippen MR) is 111 cm³/mol. The number of anilines is 3. The zero-order valence-electron chi connectivity index (χ0n) is 15.1. The van der Waals surface area contributed by atoms with Crippen LogP contribution in [-0.2, 0) is 4.74 Å². The summed E-state index contributed by atoms with van der Waals surface area (Å²) in [5.74, 6) is 0.208. The lowest BCUT2D eigenvalue weighted by Gasteiger charge is -2.25. The van der Waals surface area contributed by atoms with Gasteiger partial charge in [-0.05, 0) is 42.0 Å². The SMILES string of the molecule is C=C1C=C(OC)CC(=C)C1C(=O)c1ccc(Nc2ccccc2N)c(Cl)c1. The molecular weight excluding hydrogens is 360 g/mol. The monoisotopic (exact) mass is 380 g/mol. The molecule has 0 radical (unpaired) electrons. The molecule has 0 fully saturated rings. The van der Waals surface area contributed by atoms with Gasteiger partial charge in [0.1, 0.15) is 0 Å². The number of carbonyl (C=O) groups is 1. The van der Waals surface area contributed by atoms with Gasteiger partial charge in [-0.3, -0.25) is 4.79 Å². The third-order valence-electron chi connectivity index (χ3n) is 4.53. The number of benzene rings is 2.